The maximum Gasteiger partial charge on any atom is 0.214 e. The van der Waals surface area contributed by atoms with Gasteiger partial charge in [0.2, 0.25) is 5.88 Å². The first-order valence-corrected chi connectivity index (χ1v) is 7.22. The van der Waals surface area contributed by atoms with Crippen LogP contribution in [0.1, 0.15) is 0 Å². The first kappa shape index (κ1) is 12.3. The monoisotopic (exact) mass is 289 g/mol. The standard InChI is InChI=1S/C13H11N3OS2/c1-17-12-7-9(4-5-15-12)18-13-16-10-3-2-8(14)6-11(10)19-13/h2-7H,14H2,1H3. The summed E-state index contributed by atoms with van der Waals surface area (Å²) < 4.78 is 7.19. The molecule has 4 nitrogen and oxygen atoms in total. The van der Waals surface area contributed by atoms with Gasteiger partial charge in [-0.05, 0) is 24.3 Å². The van der Waals surface area contributed by atoms with Crippen LogP contribution in [0, 0.1) is 0 Å². The number of methoxy groups -OCH3 is 1. The summed E-state index contributed by atoms with van der Waals surface area (Å²) >= 11 is 3.23. The number of thiazole rings is 1. The Balaban J connectivity index is 1.92. The highest BCUT2D eigenvalue weighted by Gasteiger charge is 2.07. The summed E-state index contributed by atoms with van der Waals surface area (Å²) in [6, 6.07) is 9.59. The third-order valence-electron chi connectivity index (χ3n) is 2.51. The number of nitrogens with two attached hydrogens (primary N) is 1. The molecular formula is C13H11N3OS2. The van der Waals surface area contributed by atoms with Crippen LogP contribution >= 0.6 is 23.1 Å². The van der Waals surface area contributed by atoms with E-state index in [1.165, 1.54) is 0 Å². The van der Waals surface area contributed by atoms with Gasteiger partial charge in [0.25, 0.3) is 0 Å². The number of ether oxygens (including phenoxy) is 1. The van der Waals surface area contributed by atoms with E-state index in [1.54, 1.807) is 36.4 Å². The van der Waals surface area contributed by atoms with Gasteiger partial charge in [-0.15, -0.1) is 11.3 Å². The second-order valence-electron chi connectivity index (χ2n) is 3.84. The summed E-state index contributed by atoms with van der Waals surface area (Å²) in [7, 11) is 1.61. The molecule has 0 aliphatic heterocycles. The molecule has 2 N–H and O–H groups in total. The summed E-state index contributed by atoms with van der Waals surface area (Å²) in [5.41, 5.74) is 7.51. The van der Waals surface area contributed by atoms with E-state index in [2.05, 4.69) is 9.97 Å². The van der Waals surface area contributed by atoms with Gasteiger partial charge in [0.1, 0.15) is 0 Å². The SMILES string of the molecule is COc1cc(Sc2nc3ccc(N)cc3s2)ccn1. The smallest absolute Gasteiger partial charge is 0.214 e. The Kier molecular flexibility index (Phi) is 3.27. The Morgan fingerprint density at radius 2 is 2.16 bits per heavy atom. The van der Waals surface area contributed by atoms with Crippen molar-refractivity contribution in [2.24, 2.45) is 0 Å². The number of benzene rings is 1. The second-order valence-corrected chi connectivity index (χ2v) is 6.19. The Bertz CT molecular complexity index is 727. The van der Waals surface area contributed by atoms with Crippen molar-refractivity contribution >= 4 is 39.0 Å². The van der Waals surface area contributed by atoms with Gasteiger partial charge in [-0.25, -0.2) is 9.97 Å². The molecule has 1 aromatic carbocycles. The molecule has 0 aliphatic carbocycles. The minimum Gasteiger partial charge on any atom is -0.481 e. The predicted octanol–water partition coefficient (Wildman–Crippen LogP) is 3.43. The Morgan fingerprint density at radius 3 is 3.00 bits per heavy atom. The van der Waals surface area contributed by atoms with Gasteiger partial charge in [0, 0.05) is 22.8 Å². The van der Waals surface area contributed by atoms with Crippen LogP contribution in [-0.2, 0) is 0 Å². The number of nitrogens with zero attached hydrogens (tertiary/aromatic N) is 2. The zero-order valence-electron chi connectivity index (χ0n) is 10.2. The number of hydrogen-bond acceptors (Lipinski definition) is 6. The zero-order valence-corrected chi connectivity index (χ0v) is 11.8. The van der Waals surface area contributed by atoms with Crippen molar-refractivity contribution < 1.29 is 4.74 Å². The summed E-state index contributed by atoms with van der Waals surface area (Å²) in [6.45, 7) is 0. The molecule has 0 radical (unpaired) electrons. The topological polar surface area (TPSA) is 61.0 Å². The maximum atomic E-state index is 5.77. The summed E-state index contributed by atoms with van der Waals surface area (Å²) in [5, 5.41) is 0. The Labute approximate surface area is 118 Å². The molecule has 0 fully saturated rings. The van der Waals surface area contributed by atoms with Crippen LogP contribution in [0.15, 0.2) is 45.8 Å². The second kappa shape index (κ2) is 5.07. The van der Waals surface area contributed by atoms with E-state index in [-0.39, 0.29) is 0 Å². The average Bonchev–Trinajstić information content (AvgIpc) is 2.80. The molecule has 0 aliphatic rings. The third kappa shape index (κ3) is 2.64. The van der Waals surface area contributed by atoms with Crippen molar-refractivity contribution in [3.8, 4) is 5.88 Å². The lowest BCUT2D eigenvalue weighted by molar-refractivity contribution is 0.396. The molecule has 0 unspecified atom stereocenters. The molecule has 0 saturated heterocycles. The normalized spacial score (nSPS) is 10.8. The molecule has 2 aromatic heterocycles. The number of hydrogen-bond donors (Lipinski definition) is 1. The minimum atomic E-state index is 0.607. The zero-order chi connectivity index (χ0) is 13.2. The first-order chi connectivity index (χ1) is 9.24. The van der Waals surface area contributed by atoms with Crippen LogP contribution in [0.25, 0.3) is 10.2 Å². The van der Waals surface area contributed by atoms with E-state index < -0.39 is 0 Å². The van der Waals surface area contributed by atoms with Gasteiger partial charge in [-0.3, -0.25) is 0 Å². The van der Waals surface area contributed by atoms with E-state index >= 15 is 0 Å². The van der Waals surface area contributed by atoms with E-state index in [0.29, 0.717) is 5.88 Å². The highest BCUT2D eigenvalue weighted by molar-refractivity contribution is 8.01. The average molecular weight is 289 g/mol. The number of fused-ring (bicyclic) bond motifs is 1. The van der Waals surface area contributed by atoms with Crippen molar-refractivity contribution in [1.29, 1.82) is 0 Å². The molecule has 0 atom stereocenters. The van der Waals surface area contributed by atoms with E-state index in [1.807, 2.05) is 30.3 Å². The van der Waals surface area contributed by atoms with Crippen LogP contribution in [0.4, 0.5) is 5.69 Å². The van der Waals surface area contributed by atoms with Crippen molar-refractivity contribution in [3.05, 3.63) is 36.5 Å². The van der Waals surface area contributed by atoms with Crippen molar-refractivity contribution in [3.63, 3.8) is 0 Å². The summed E-state index contributed by atoms with van der Waals surface area (Å²) in [5.74, 6) is 0.607. The van der Waals surface area contributed by atoms with Gasteiger partial charge in [-0.1, -0.05) is 11.8 Å². The molecule has 3 aromatic rings. The van der Waals surface area contributed by atoms with Crippen molar-refractivity contribution in [2.45, 2.75) is 9.24 Å². The fourth-order valence-electron chi connectivity index (χ4n) is 1.63. The van der Waals surface area contributed by atoms with Crippen molar-refractivity contribution in [2.75, 3.05) is 12.8 Å². The van der Waals surface area contributed by atoms with Crippen LogP contribution in [0.3, 0.4) is 0 Å². The van der Waals surface area contributed by atoms with Crippen LogP contribution in [0.5, 0.6) is 5.88 Å². The van der Waals surface area contributed by atoms with Crippen molar-refractivity contribution in [1.82, 2.24) is 9.97 Å². The van der Waals surface area contributed by atoms with Gasteiger partial charge in [0.15, 0.2) is 4.34 Å². The minimum absolute atomic E-state index is 0.607. The Morgan fingerprint density at radius 1 is 1.26 bits per heavy atom. The molecule has 6 heteroatoms. The largest absolute Gasteiger partial charge is 0.481 e. The lowest BCUT2D eigenvalue weighted by Crippen LogP contribution is -1.86. The fourth-order valence-corrected chi connectivity index (χ4v) is 3.74. The molecule has 96 valence electrons. The number of nitrogen functional groups attached to an aromatic ring is 1. The van der Waals surface area contributed by atoms with Crippen LogP contribution < -0.4 is 10.5 Å². The number of pyridine rings is 1. The molecule has 0 saturated carbocycles. The molecule has 0 spiro atoms. The lowest BCUT2D eigenvalue weighted by atomic mass is 10.3. The number of rotatable bonds is 3. The number of aromatic nitrogens is 2. The lowest BCUT2D eigenvalue weighted by Gasteiger charge is -2.00. The first-order valence-electron chi connectivity index (χ1n) is 5.58. The van der Waals surface area contributed by atoms with Gasteiger partial charge >= 0.3 is 0 Å². The fraction of sp³-hybridized carbons (Fsp3) is 0.0769. The van der Waals surface area contributed by atoms with Gasteiger partial charge < -0.3 is 10.5 Å². The quantitative estimate of drug-likeness (QED) is 0.748. The molecular weight excluding hydrogens is 278 g/mol. The van der Waals surface area contributed by atoms with Crippen LogP contribution in [-0.4, -0.2) is 17.1 Å². The predicted molar refractivity (Wildman–Crippen MR) is 78.9 cm³/mol. The Hall–Kier alpha value is -1.79. The highest BCUT2D eigenvalue weighted by Crippen LogP contribution is 2.35. The highest BCUT2D eigenvalue weighted by atomic mass is 32.2. The van der Waals surface area contributed by atoms with Crippen LogP contribution in [0.2, 0.25) is 0 Å². The van der Waals surface area contributed by atoms with Gasteiger partial charge in [-0.2, -0.15) is 0 Å². The molecule has 19 heavy (non-hydrogen) atoms. The molecule has 2 heterocycles. The molecule has 0 amide bonds. The van der Waals surface area contributed by atoms with Gasteiger partial charge in [0.05, 0.1) is 17.3 Å². The summed E-state index contributed by atoms with van der Waals surface area (Å²) in [4.78, 5) is 9.71. The molecule has 3 rings (SSSR count). The van der Waals surface area contributed by atoms with E-state index in [4.69, 9.17) is 10.5 Å². The van der Waals surface area contributed by atoms with E-state index in [0.717, 1.165) is 25.1 Å². The maximum absolute atomic E-state index is 5.77. The van der Waals surface area contributed by atoms with E-state index in [9.17, 15) is 0 Å². The molecule has 0 bridgehead atoms. The number of anilines is 1. The summed E-state index contributed by atoms with van der Waals surface area (Å²) in [6.07, 6.45) is 1.73. The third-order valence-corrected chi connectivity index (χ3v) is 4.58.